The number of rotatable bonds is 12. The van der Waals surface area contributed by atoms with Crippen molar-refractivity contribution >= 4 is 39.2 Å². The number of aromatic nitrogens is 2. The lowest BCUT2D eigenvalue weighted by Crippen LogP contribution is -2.39. The van der Waals surface area contributed by atoms with Crippen molar-refractivity contribution in [2.24, 2.45) is 0 Å². The van der Waals surface area contributed by atoms with Gasteiger partial charge in [0.1, 0.15) is 16.5 Å². The molecule has 2 amide bonds. The van der Waals surface area contributed by atoms with Gasteiger partial charge < -0.3 is 20.6 Å². The van der Waals surface area contributed by atoms with Crippen molar-refractivity contribution in [3.8, 4) is 16.1 Å². The van der Waals surface area contributed by atoms with Gasteiger partial charge in [0.05, 0.1) is 17.6 Å². The lowest BCUT2D eigenvalue weighted by molar-refractivity contribution is -0.137. The number of hydrogen-bond acceptors (Lipinski definition) is 6. The fourth-order valence-corrected chi connectivity index (χ4v) is 6.63. The number of anilines is 1. The van der Waals surface area contributed by atoms with Crippen molar-refractivity contribution in [2.45, 2.75) is 32.9 Å². The number of fused-ring (bicyclic) bond motifs is 1. The number of benzene rings is 3. The molecule has 0 bridgehead atoms. The molecule has 0 radical (unpaired) electrons. The SMILES string of the molecule is CCNC(=O)Nc1ccc(-c2sc3c(c2CN(C)CCCC(=O)O)c(=O)n(-c2ccccc2)c(=O)n3Cc2c(F)cccc2F)cc1. The molecule has 10 nitrogen and oxygen atoms in total. The maximum atomic E-state index is 14.9. The summed E-state index contributed by atoms with van der Waals surface area (Å²) >= 11 is 1.15. The van der Waals surface area contributed by atoms with Crippen LogP contribution < -0.4 is 21.9 Å². The largest absolute Gasteiger partial charge is 0.481 e. The maximum absolute atomic E-state index is 14.9. The van der Waals surface area contributed by atoms with E-state index in [9.17, 15) is 28.0 Å². The summed E-state index contributed by atoms with van der Waals surface area (Å²) in [6.07, 6.45) is 0.338. The molecule has 2 aromatic heterocycles. The summed E-state index contributed by atoms with van der Waals surface area (Å²) in [4.78, 5) is 54.4. The van der Waals surface area contributed by atoms with E-state index in [1.54, 1.807) is 68.6 Å². The second-order valence-electron chi connectivity index (χ2n) is 10.9. The molecular formula is C34H33F2N5O5S. The summed E-state index contributed by atoms with van der Waals surface area (Å²) in [6, 6.07) is 18.4. The minimum Gasteiger partial charge on any atom is -0.481 e. The summed E-state index contributed by atoms with van der Waals surface area (Å²) in [5.74, 6) is -2.57. The molecule has 244 valence electrons. The molecule has 0 spiro atoms. The van der Waals surface area contributed by atoms with Crippen molar-refractivity contribution < 1.29 is 23.5 Å². The third kappa shape index (κ3) is 7.31. The number of para-hydroxylation sites is 1. The topological polar surface area (TPSA) is 126 Å². The molecule has 3 N–H and O–H groups in total. The monoisotopic (exact) mass is 661 g/mol. The van der Waals surface area contributed by atoms with Crippen LogP contribution in [0.1, 0.15) is 30.9 Å². The summed E-state index contributed by atoms with van der Waals surface area (Å²) < 4.78 is 32.1. The van der Waals surface area contributed by atoms with Crippen molar-refractivity contribution in [1.29, 1.82) is 0 Å². The van der Waals surface area contributed by atoms with E-state index in [-0.39, 0.29) is 34.8 Å². The molecule has 0 atom stereocenters. The number of carbonyl (C=O) groups is 2. The van der Waals surface area contributed by atoms with Crippen LogP contribution in [0.5, 0.6) is 0 Å². The minimum absolute atomic E-state index is 0.0315. The molecule has 0 unspecified atom stereocenters. The van der Waals surface area contributed by atoms with Crippen LogP contribution in [0.3, 0.4) is 0 Å². The van der Waals surface area contributed by atoms with Crippen LogP contribution in [-0.2, 0) is 17.9 Å². The van der Waals surface area contributed by atoms with Gasteiger partial charge in [-0.05, 0) is 74.5 Å². The molecule has 47 heavy (non-hydrogen) atoms. The van der Waals surface area contributed by atoms with Crippen LogP contribution >= 0.6 is 11.3 Å². The molecule has 0 fully saturated rings. The number of halogens is 2. The smallest absolute Gasteiger partial charge is 0.337 e. The molecule has 0 saturated carbocycles. The summed E-state index contributed by atoms with van der Waals surface area (Å²) in [5.41, 5.74) is 0.414. The molecule has 0 aliphatic heterocycles. The first-order valence-corrected chi connectivity index (χ1v) is 15.8. The number of hydrogen-bond donors (Lipinski definition) is 3. The van der Waals surface area contributed by atoms with E-state index in [1.807, 2.05) is 4.90 Å². The molecule has 2 heterocycles. The predicted molar refractivity (Wildman–Crippen MR) is 178 cm³/mol. The Morgan fingerprint density at radius 2 is 1.62 bits per heavy atom. The van der Waals surface area contributed by atoms with E-state index in [1.165, 1.54) is 10.6 Å². The molecule has 5 rings (SSSR count). The van der Waals surface area contributed by atoms with Crippen LogP contribution in [0.15, 0.2) is 82.4 Å². The Labute approximate surface area is 272 Å². The van der Waals surface area contributed by atoms with Gasteiger partial charge in [0.15, 0.2) is 0 Å². The van der Waals surface area contributed by atoms with Gasteiger partial charge in [-0.2, -0.15) is 0 Å². The van der Waals surface area contributed by atoms with Crippen LogP contribution in [0.4, 0.5) is 19.3 Å². The quantitative estimate of drug-likeness (QED) is 0.159. The second-order valence-corrected chi connectivity index (χ2v) is 11.9. The number of carbonyl (C=O) groups excluding carboxylic acids is 1. The number of aliphatic carboxylic acids is 1. The van der Waals surface area contributed by atoms with Gasteiger partial charge in [0.2, 0.25) is 0 Å². The Hall–Kier alpha value is -5.14. The fraction of sp³-hybridized carbons (Fsp3) is 0.235. The minimum atomic E-state index is -0.920. The van der Waals surface area contributed by atoms with Gasteiger partial charge >= 0.3 is 17.7 Å². The van der Waals surface area contributed by atoms with Gasteiger partial charge in [-0.1, -0.05) is 36.4 Å². The lowest BCUT2D eigenvalue weighted by Gasteiger charge is -2.18. The standard InChI is InChI=1S/C34H33F2N5O5S/c1-3-37-33(45)38-22-16-14-21(15-17-22)30-25(19-39(2)18-8-13-28(42)43)29-31(44)41(23-9-5-4-6-10-23)34(46)40(32(29)47-30)20-24-26(35)11-7-12-27(24)36/h4-7,9-12,14-17H,3,8,13,18-20H2,1-2H3,(H,42,43)(H2,37,38,45). The van der Waals surface area contributed by atoms with E-state index in [0.717, 1.165) is 28.0 Å². The van der Waals surface area contributed by atoms with Crippen LogP contribution in [0.2, 0.25) is 0 Å². The number of nitrogens with zero attached hydrogens (tertiary/aromatic N) is 3. The average Bonchev–Trinajstić information content (AvgIpc) is 3.40. The normalized spacial score (nSPS) is 11.3. The third-order valence-electron chi connectivity index (χ3n) is 7.57. The van der Waals surface area contributed by atoms with Crippen molar-refractivity contribution in [3.05, 3.63) is 116 Å². The van der Waals surface area contributed by atoms with Gasteiger partial charge in [-0.3, -0.25) is 14.2 Å². The van der Waals surface area contributed by atoms with Crippen molar-refractivity contribution in [2.75, 3.05) is 25.5 Å². The van der Waals surface area contributed by atoms with Crippen LogP contribution in [0.25, 0.3) is 26.3 Å². The first kappa shape index (κ1) is 33.2. The average molecular weight is 662 g/mol. The number of urea groups is 1. The molecule has 0 aliphatic carbocycles. The summed E-state index contributed by atoms with van der Waals surface area (Å²) in [5, 5.41) is 14.8. The zero-order valence-corrected chi connectivity index (χ0v) is 26.6. The number of nitrogens with one attached hydrogen (secondary N) is 2. The number of amides is 2. The first-order chi connectivity index (χ1) is 22.6. The highest BCUT2D eigenvalue weighted by Crippen LogP contribution is 2.38. The highest BCUT2D eigenvalue weighted by molar-refractivity contribution is 7.22. The number of carboxylic acids is 1. The van der Waals surface area contributed by atoms with Crippen molar-refractivity contribution in [1.82, 2.24) is 19.4 Å². The second kappa shape index (κ2) is 14.5. The summed E-state index contributed by atoms with van der Waals surface area (Å²) in [7, 11) is 1.80. The molecule has 13 heteroatoms. The third-order valence-corrected chi connectivity index (χ3v) is 8.87. The molecular weight excluding hydrogens is 628 g/mol. The zero-order valence-electron chi connectivity index (χ0n) is 25.8. The lowest BCUT2D eigenvalue weighted by atomic mass is 10.1. The molecule has 5 aromatic rings. The van der Waals surface area contributed by atoms with E-state index in [4.69, 9.17) is 5.11 Å². The van der Waals surface area contributed by atoms with Crippen molar-refractivity contribution in [3.63, 3.8) is 0 Å². The maximum Gasteiger partial charge on any atom is 0.337 e. The highest BCUT2D eigenvalue weighted by Gasteiger charge is 2.25. The first-order valence-electron chi connectivity index (χ1n) is 14.9. The Bertz CT molecular complexity index is 2020. The number of carboxylic acid groups (broad SMARTS) is 1. The molecule has 3 aromatic carbocycles. The Balaban J connectivity index is 1.75. The predicted octanol–water partition coefficient (Wildman–Crippen LogP) is 5.65. The van der Waals surface area contributed by atoms with E-state index in [2.05, 4.69) is 10.6 Å². The van der Waals surface area contributed by atoms with Gasteiger partial charge in [-0.25, -0.2) is 22.9 Å². The van der Waals surface area contributed by atoms with Gasteiger partial charge in [-0.15, -0.1) is 11.3 Å². The Kier molecular flexibility index (Phi) is 10.3. The van der Waals surface area contributed by atoms with E-state index >= 15 is 0 Å². The number of thiophene rings is 1. The summed E-state index contributed by atoms with van der Waals surface area (Å²) in [6.45, 7) is 2.41. The Morgan fingerprint density at radius 3 is 2.26 bits per heavy atom. The van der Waals surface area contributed by atoms with E-state index in [0.29, 0.717) is 46.9 Å². The molecule has 0 aliphatic rings. The highest BCUT2D eigenvalue weighted by atomic mass is 32.1. The van der Waals surface area contributed by atoms with E-state index < -0.39 is 35.4 Å². The molecule has 0 saturated heterocycles. The van der Waals surface area contributed by atoms with Gasteiger partial charge in [0, 0.05) is 35.6 Å². The van der Waals surface area contributed by atoms with Crippen LogP contribution in [0, 0.1) is 11.6 Å². The van der Waals surface area contributed by atoms with Crippen LogP contribution in [-0.4, -0.2) is 51.3 Å². The fourth-order valence-electron chi connectivity index (χ4n) is 5.33. The Morgan fingerprint density at radius 1 is 0.936 bits per heavy atom. The van der Waals surface area contributed by atoms with Gasteiger partial charge in [0.25, 0.3) is 5.56 Å². The zero-order chi connectivity index (χ0) is 33.7.